The number of ether oxygens (including phenoxy) is 3. The van der Waals surface area contributed by atoms with E-state index < -0.39 is 38.1 Å². The van der Waals surface area contributed by atoms with E-state index in [0.29, 0.717) is 30.9 Å². The summed E-state index contributed by atoms with van der Waals surface area (Å²) in [6.45, 7) is 7.50. The average Bonchev–Trinajstić information content (AvgIpc) is 3.09. The van der Waals surface area contributed by atoms with Gasteiger partial charge in [0.2, 0.25) is 10.0 Å². The van der Waals surface area contributed by atoms with Gasteiger partial charge in [0.15, 0.2) is 0 Å². The van der Waals surface area contributed by atoms with Gasteiger partial charge in [-0.05, 0) is 94.6 Å². The summed E-state index contributed by atoms with van der Waals surface area (Å²) in [5.74, 6) is -0.0314. The molecule has 1 aliphatic rings. The number of methoxy groups -OCH3 is 1. The second kappa shape index (κ2) is 17.0. The van der Waals surface area contributed by atoms with Crippen molar-refractivity contribution < 1.29 is 40.9 Å². The number of carbonyl (C=O) groups is 1. The molecule has 3 aromatic rings. The van der Waals surface area contributed by atoms with Crippen molar-refractivity contribution in [1.82, 2.24) is 9.21 Å². The Morgan fingerprint density at radius 2 is 1.66 bits per heavy atom. The maximum absolute atomic E-state index is 14.4. The topological polar surface area (TPSA) is 152 Å². The summed E-state index contributed by atoms with van der Waals surface area (Å²) >= 11 is 0. The predicted molar refractivity (Wildman–Crippen MR) is 192 cm³/mol. The summed E-state index contributed by atoms with van der Waals surface area (Å²) in [6, 6.07) is 16.5. The highest BCUT2D eigenvalue weighted by atomic mass is 32.2. The number of anilines is 1. The lowest BCUT2D eigenvalue weighted by molar-refractivity contribution is -0.00833. The fourth-order valence-corrected chi connectivity index (χ4v) is 7.89. The molecule has 1 aliphatic heterocycles. The van der Waals surface area contributed by atoms with Gasteiger partial charge < -0.3 is 24.2 Å². The molecule has 0 aromatic heterocycles. The second-order valence-corrected chi connectivity index (χ2v) is 16.6. The average molecular weight is 732 g/mol. The van der Waals surface area contributed by atoms with Crippen molar-refractivity contribution in [3.05, 3.63) is 77.9 Å². The standard InChI is InChI=1S/C36H49N3O9S2/c1-25-10-15-31(16-11-25)49(42,43)37-29-12-19-34-33(21-29)36(41)39(27(3)24-40)22-26(2)35(47-20-8-7-9-28(4)48-34)23-38(5)50(44,45)32-17-13-30(46-6)14-18-32/h10-19,21,26-28,35,37,40H,7-9,20,22-24H2,1-6H3/t26-,27+,28-,35+/m0/s1. The van der Waals surface area contributed by atoms with E-state index in [-0.39, 0.29) is 52.8 Å². The molecule has 0 unspecified atom stereocenters. The van der Waals surface area contributed by atoms with Crippen LogP contribution in [0.1, 0.15) is 56.0 Å². The number of nitrogens with zero attached hydrogens (tertiary/aromatic N) is 2. The normalized spacial score (nSPS) is 20.4. The number of amides is 1. The zero-order valence-electron chi connectivity index (χ0n) is 29.5. The van der Waals surface area contributed by atoms with Crippen LogP contribution < -0.4 is 14.2 Å². The van der Waals surface area contributed by atoms with Gasteiger partial charge in [0.25, 0.3) is 15.9 Å². The van der Waals surface area contributed by atoms with E-state index >= 15 is 0 Å². The number of carbonyl (C=O) groups excluding carboxylic acids is 1. The molecule has 50 heavy (non-hydrogen) atoms. The van der Waals surface area contributed by atoms with Crippen molar-refractivity contribution in [2.45, 2.75) is 75.0 Å². The number of nitrogens with one attached hydrogen (secondary N) is 1. The molecule has 4 atom stereocenters. The molecule has 0 saturated carbocycles. The van der Waals surface area contributed by atoms with Crippen LogP contribution in [0.15, 0.2) is 76.5 Å². The molecule has 14 heteroatoms. The Labute approximate surface area is 296 Å². The first-order valence-corrected chi connectivity index (χ1v) is 19.6. The van der Waals surface area contributed by atoms with Crippen LogP contribution in [0.5, 0.6) is 11.5 Å². The van der Waals surface area contributed by atoms with Crippen LogP contribution in [0.2, 0.25) is 0 Å². The van der Waals surface area contributed by atoms with E-state index in [1.165, 1.54) is 53.7 Å². The number of fused-ring (bicyclic) bond motifs is 1. The lowest BCUT2D eigenvalue weighted by Gasteiger charge is -2.35. The number of sulfonamides is 2. The van der Waals surface area contributed by atoms with Crippen LogP contribution >= 0.6 is 0 Å². The van der Waals surface area contributed by atoms with Crippen molar-refractivity contribution in [1.29, 1.82) is 0 Å². The highest BCUT2D eigenvalue weighted by Crippen LogP contribution is 2.30. The molecule has 4 rings (SSSR count). The highest BCUT2D eigenvalue weighted by molar-refractivity contribution is 7.92. The Morgan fingerprint density at radius 1 is 1.00 bits per heavy atom. The maximum Gasteiger partial charge on any atom is 0.261 e. The monoisotopic (exact) mass is 731 g/mol. The highest BCUT2D eigenvalue weighted by Gasteiger charge is 2.32. The summed E-state index contributed by atoms with van der Waals surface area (Å²) in [5.41, 5.74) is 1.21. The third-order valence-corrected chi connectivity index (χ3v) is 12.1. The van der Waals surface area contributed by atoms with E-state index in [4.69, 9.17) is 14.2 Å². The van der Waals surface area contributed by atoms with Crippen LogP contribution in [0.3, 0.4) is 0 Å². The Morgan fingerprint density at radius 3 is 2.30 bits per heavy atom. The van der Waals surface area contributed by atoms with Crippen molar-refractivity contribution in [3.63, 3.8) is 0 Å². The summed E-state index contributed by atoms with van der Waals surface area (Å²) < 4.78 is 75.1. The van der Waals surface area contributed by atoms with Crippen LogP contribution in [-0.4, -0.2) is 95.8 Å². The quantitative estimate of drug-likeness (QED) is 0.296. The Hall–Kier alpha value is -3.69. The smallest absolute Gasteiger partial charge is 0.261 e. The van der Waals surface area contributed by atoms with Crippen molar-refractivity contribution in [2.24, 2.45) is 5.92 Å². The van der Waals surface area contributed by atoms with Crippen molar-refractivity contribution in [3.8, 4) is 11.5 Å². The zero-order valence-corrected chi connectivity index (χ0v) is 31.2. The van der Waals surface area contributed by atoms with Gasteiger partial charge in [-0.2, -0.15) is 4.31 Å². The first-order chi connectivity index (χ1) is 23.7. The van der Waals surface area contributed by atoms with E-state index in [2.05, 4.69) is 4.72 Å². The minimum atomic E-state index is -3.96. The SMILES string of the molecule is COc1ccc(S(=O)(=O)N(C)C[C@H]2OCCCC[C@H](C)Oc3ccc(NS(=O)(=O)c4ccc(C)cc4)cc3C(=O)N([C@H](C)CO)C[C@@H]2C)cc1. The van der Waals surface area contributed by atoms with E-state index in [1.807, 2.05) is 20.8 Å². The molecule has 12 nitrogen and oxygen atoms in total. The first kappa shape index (κ1) is 39.1. The minimum absolute atomic E-state index is 0.0199. The summed E-state index contributed by atoms with van der Waals surface area (Å²) in [6.07, 6.45) is 1.24. The van der Waals surface area contributed by atoms with Gasteiger partial charge in [0.1, 0.15) is 11.5 Å². The summed E-state index contributed by atoms with van der Waals surface area (Å²) in [7, 11) is -4.84. The van der Waals surface area contributed by atoms with Crippen LogP contribution in [0.25, 0.3) is 0 Å². The molecule has 0 fully saturated rings. The van der Waals surface area contributed by atoms with E-state index in [9.17, 15) is 26.7 Å². The zero-order chi connectivity index (χ0) is 36.6. The third kappa shape index (κ3) is 9.75. The lowest BCUT2D eigenvalue weighted by atomic mass is 10.0. The van der Waals surface area contributed by atoms with E-state index in [1.54, 1.807) is 43.3 Å². The van der Waals surface area contributed by atoms with Gasteiger partial charge in [0, 0.05) is 38.3 Å². The number of aliphatic hydroxyl groups is 1. The molecule has 2 N–H and O–H groups in total. The largest absolute Gasteiger partial charge is 0.497 e. The van der Waals surface area contributed by atoms with Gasteiger partial charge in [-0.15, -0.1) is 0 Å². The number of aryl methyl sites for hydroxylation is 1. The van der Waals surface area contributed by atoms with Crippen LogP contribution in [-0.2, 0) is 24.8 Å². The molecule has 0 saturated heterocycles. The van der Waals surface area contributed by atoms with Gasteiger partial charge in [0.05, 0.1) is 47.3 Å². The molecule has 274 valence electrons. The molecule has 0 aliphatic carbocycles. The number of benzene rings is 3. The number of rotatable bonds is 10. The molecule has 3 aromatic carbocycles. The predicted octanol–water partition coefficient (Wildman–Crippen LogP) is 4.92. The summed E-state index contributed by atoms with van der Waals surface area (Å²) in [5, 5.41) is 10.2. The molecule has 0 radical (unpaired) electrons. The minimum Gasteiger partial charge on any atom is -0.497 e. The molecule has 0 bridgehead atoms. The third-order valence-electron chi connectivity index (χ3n) is 8.84. The number of hydrogen-bond acceptors (Lipinski definition) is 9. The van der Waals surface area contributed by atoms with Crippen LogP contribution in [0.4, 0.5) is 5.69 Å². The molecular formula is C36H49N3O9S2. The molecular weight excluding hydrogens is 683 g/mol. The Bertz CT molecular complexity index is 1800. The van der Waals surface area contributed by atoms with Gasteiger partial charge in [-0.3, -0.25) is 9.52 Å². The molecule has 1 heterocycles. The van der Waals surface area contributed by atoms with Gasteiger partial charge >= 0.3 is 0 Å². The van der Waals surface area contributed by atoms with E-state index in [0.717, 1.165) is 12.0 Å². The number of hydrogen-bond donors (Lipinski definition) is 2. The fourth-order valence-electron chi connectivity index (χ4n) is 5.66. The Kier molecular flexibility index (Phi) is 13.3. The number of likely N-dealkylation sites (N-methyl/N-ethyl adjacent to an activating group) is 1. The van der Waals surface area contributed by atoms with Crippen molar-refractivity contribution in [2.75, 3.05) is 45.2 Å². The summed E-state index contributed by atoms with van der Waals surface area (Å²) in [4.78, 5) is 16.1. The molecule has 1 amide bonds. The second-order valence-electron chi connectivity index (χ2n) is 12.9. The van der Waals surface area contributed by atoms with Gasteiger partial charge in [-0.1, -0.05) is 24.6 Å². The van der Waals surface area contributed by atoms with Crippen LogP contribution in [0, 0.1) is 12.8 Å². The Balaban J connectivity index is 1.66. The molecule has 0 spiro atoms. The fraction of sp³-hybridized carbons (Fsp3) is 0.472. The van der Waals surface area contributed by atoms with Crippen molar-refractivity contribution >= 4 is 31.6 Å². The first-order valence-electron chi connectivity index (χ1n) is 16.7. The van der Waals surface area contributed by atoms with Gasteiger partial charge in [-0.25, -0.2) is 16.8 Å². The lowest BCUT2D eigenvalue weighted by Crippen LogP contribution is -2.48. The maximum atomic E-state index is 14.4. The number of aliphatic hydroxyl groups excluding tert-OH is 1.